The highest BCUT2D eigenvalue weighted by molar-refractivity contribution is 7.98. The van der Waals surface area contributed by atoms with Gasteiger partial charge in [0.25, 0.3) is 0 Å². The molecule has 88 valence electrons. The van der Waals surface area contributed by atoms with Gasteiger partial charge in [-0.25, -0.2) is 4.79 Å². The molecule has 0 bridgehead atoms. The zero-order chi connectivity index (χ0) is 11.7. The van der Waals surface area contributed by atoms with Crippen molar-refractivity contribution in [3.05, 3.63) is 0 Å². The third-order valence-corrected chi connectivity index (χ3v) is 2.35. The Balaban J connectivity index is 4.16. The fourth-order valence-electron chi connectivity index (χ4n) is 0.981. The molecule has 1 atom stereocenters. The Kier molecular flexibility index (Phi) is 8.12. The van der Waals surface area contributed by atoms with Crippen molar-refractivity contribution in [2.45, 2.75) is 19.4 Å². The van der Waals surface area contributed by atoms with Gasteiger partial charge in [0.05, 0.1) is 13.2 Å². The second kappa shape index (κ2) is 8.55. The van der Waals surface area contributed by atoms with Crippen LogP contribution < -0.4 is 11.1 Å². The second-order valence-electron chi connectivity index (χ2n) is 2.86. The van der Waals surface area contributed by atoms with Gasteiger partial charge in [0.1, 0.15) is 6.04 Å². The van der Waals surface area contributed by atoms with Gasteiger partial charge in [-0.3, -0.25) is 4.79 Å². The first-order chi connectivity index (χ1) is 7.15. The van der Waals surface area contributed by atoms with Crippen molar-refractivity contribution in [1.29, 1.82) is 0 Å². The van der Waals surface area contributed by atoms with Crippen molar-refractivity contribution < 1.29 is 14.3 Å². The lowest BCUT2D eigenvalue weighted by atomic mass is 10.2. The van der Waals surface area contributed by atoms with E-state index < -0.39 is 12.0 Å². The van der Waals surface area contributed by atoms with Gasteiger partial charge in [-0.15, -0.1) is 0 Å². The number of carbonyl (C=O) groups is 2. The average molecular weight is 234 g/mol. The molecule has 0 aliphatic carbocycles. The minimum Gasteiger partial charge on any atom is -0.464 e. The number of thioether (sulfide) groups is 1. The summed E-state index contributed by atoms with van der Waals surface area (Å²) < 4.78 is 4.84. The number of esters is 1. The monoisotopic (exact) mass is 234 g/mol. The number of hydrogen-bond acceptors (Lipinski definition) is 5. The number of rotatable bonds is 7. The first kappa shape index (κ1) is 14.2. The van der Waals surface area contributed by atoms with E-state index in [-0.39, 0.29) is 12.5 Å². The van der Waals surface area contributed by atoms with Gasteiger partial charge in [0.15, 0.2) is 0 Å². The molecule has 0 saturated heterocycles. The lowest BCUT2D eigenvalue weighted by Gasteiger charge is -2.16. The van der Waals surface area contributed by atoms with E-state index in [2.05, 4.69) is 5.32 Å². The molecule has 0 saturated carbocycles. The lowest BCUT2D eigenvalue weighted by Crippen LogP contribution is -2.44. The Labute approximate surface area is 94.1 Å². The molecule has 6 heteroatoms. The zero-order valence-electron chi connectivity index (χ0n) is 9.12. The average Bonchev–Trinajstić information content (AvgIpc) is 2.24. The third kappa shape index (κ3) is 6.35. The van der Waals surface area contributed by atoms with Crippen LogP contribution in [0.15, 0.2) is 0 Å². The summed E-state index contributed by atoms with van der Waals surface area (Å²) in [5, 5.41) is 2.53. The summed E-state index contributed by atoms with van der Waals surface area (Å²) >= 11 is 1.61. The van der Waals surface area contributed by atoms with E-state index in [4.69, 9.17) is 10.5 Å². The summed E-state index contributed by atoms with van der Waals surface area (Å²) in [6.45, 7) is 1.93. The van der Waals surface area contributed by atoms with E-state index in [0.717, 1.165) is 5.75 Å². The molecule has 15 heavy (non-hydrogen) atoms. The maximum Gasteiger partial charge on any atom is 0.328 e. The van der Waals surface area contributed by atoms with E-state index in [1.165, 1.54) is 0 Å². The van der Waals surface area contributed by atoms with Crippen LogP contribution in [-0.4, -0.2) is 43.1 Å². The van der Waals surface area contributed by atoms with Crippen LogP contribution in [0.2, 0.25) is 0 Å². The molecule has 0 heterocycles. The van der Waals surface area contributed by atoms with Crippen molar-refractivity contribution >= 4 is 23.6 Å². The number of carbonyl (C=O) groups excluding carboxylic acids is 2. The Morgan fingerprint density at radius 1 is 1.53 bits per heavy atom. The molecule has 0 unspecified atom stereocenters. The van der Waals surface area contributed by atoms with Crippen molar-refractivity contribution in [3.8, 4) is 0 Å². The van der Waals surface area contributed by atoms with E-state index in [1.807, 2.05) is 6.26 Å². The van der Waals surface area contributed by atoms with Crippen LogP contribution in [0.25, 0.3) is 0 Å². The molecule has 5 nitrogen and oxygen atoms in total. The molecule has 0 radical (unpaired) electrons. The predicted molar refractivity (Wildman–Crippen MR) is 60.6 cm³/mol. The maximum atomic E-state index is 11.4. The van der Waals surface area contributed by atoms with Crippen LogP contribution in [0.4, 0.5) is 0 Å². The molecular formula is C9H18N2O3S. The predicted octanol–water partition coefficient (Wildman–Crippen LogP) is -0.254. The van der Waals surface area contributed by atoms with Crippen LogP contribution >= 0.6 is 11.8 Å². The summed E-state index contributed by atoms with van der Waals surface area (Å²) in [6, 6.07) is -0.576. The molecular weight excluding hydrogens is 216 g/mol. The largest absolute Gasteiger partial charge is 0.464 e. The van der Waals surface area contributed by atoms with E-state index >= 15 is 0 Å². The molecule has 0 fully saturated rings. The van der Waals surface area contributed by atoms with Crippen molar-refractivity contribution in [1.82, 2.24) is 5.32 Å². The molecule has 0 aliphatic rings. The summed E-state index contributed by atoms with van der Waals surface area (Å²) in [6.07, 6.45) is 2.50. The molecule has 0 aromatic heterocycles. The summed E-state index contributed by atoms with van der Waals surface area (Å²) in [4.78, 5) is 22.5. The topological polar surface area (TPSA) is 81.4 Å². The summed E-state index contributed by atoms with van der Waals surface area (Å²) in [5.74, 6) is 0.0523. The molecule has 0 aromatic carbocycles. The molecule has 0 spiro atoms. The van der Waals surface area contributed by atoms with Crippen LogP contribution in [0.5, 0.6) is 0 Å². The molecule has 0 aliphatic heterocycles. The SMILES string of the molecule is CCOC(=O)[C@H](CCSC)NC(=O)CN. The van der Waals surface area contributed by atoms with Gasteiger partial charge in [-0.05, 0) is 25.4 Å². The fraction of sp³-hybridized carbons (Fsp3) is 0.778. The minimum atomic E-state index is -0.576. The Bertz CT molecular complexity index is 212. The van der Waals surface area contributed by atoms with Crippen molar-refractivity contribution in [3.63, 3.8) is 0 Å². The molecule has 1 amide bonds. The Hall–Kier alpha value is -0.750. The highest BCUT2D eigenvalue weighted by Gasteiger charge is 2.20. The number of amides is 1. The van der Waals surface area contributed by atoms with Gasteiger partial charge in [-0.2, -0.15) is 11.8 Å². The van der Waals surface area contributed by atoms with E-state index in [9.17, 15) is 9.59 Å². The van der Waals surface area contributed by atoms with Gasteiger partial charge in [0, 0.05) is 0 Å². The highest BCUT2D eigenvalue weighted by atomic mass is 32.2. The highest BCUT2D eigenvalue weighted by Crippen LogP contribution is 2.02. The Morgan fingerprint density at radius 3 is 2.67 bits per heavy atom. The summed E-state index contributed by atoms with van der Waals surface area (Å²) in [5.41, 5.74) is 5.15. The lowest BCUT2D eigenvalue weighted by molar-refractivity contribution is -0.147. The van der Waals surface area contributed by atoms with Gasteiger partial charge < -0.3 is 15.8 Å². The number of nitrogens with one attached hydrogen (secondary N) is 1. The maximum absolute atomic E-state index is 11.4. The van der Waals surface area contributed by atoms with Crippen LogP contribution in [0.3, 0.4) is 0 Å². The Morgan fingerprint density at radius 2 is 2.20 bits per heavy atom. The number of nitrogens with two attached hydrogens (primary N) is 1. The van der Waals surface area contributed by atoms with Crippen LogP contribution in [-0.2, 0) is 14.3 Å². The standard InChI is InChI=1S/C9H18N2O3S/c1-3-14-9(13)7(4-5-15-2)11-8(12)6-10/h7H,3-6,10H2,1-2H3,(H,11,12)/t7-/m0/s1. The first-order valence-electron chi connectivity index (χ1n) is 4.80. The normalized spacial score (nSPS) is 11.9. The second-order valence-corrected chi connectivity index (χ2v) is 3.84. The van der Waals surface area contributed by atoms with Gasteiger partial charge in [0.2, 0.25) is 5.91 Å². The fourth-order valence-corrected chi connectivity index (χ4v) is 1.45. The van der Waals surface area contributed by atoms with E-state index in [0.29, 0.717) is 13.0 Å². The molecule has 0 rings (SSSR count). The third-order valence-electron chi connectivity index (χ3n) is 1.70. The van der Waals surface area contributed by atoms with E-state index in [1.54, 1.807) is 18.7 Å². The van der Waals surface area contributed by atoms with Crippen molar-refractivity contribution in [2.75, 3.05) is 25.2 Å². The number of hydrogen-bond donors (Lipinski definition) is 2. The van der Waals surface area contributed by atoms with Crippen LogP contribution in [0, 0.1) is 0 Å². The number of ether oxygens (including phenoxy) is 1. The zero-order valence-corrected chi connectivity index (χ0v) is 9.93. The van der Waals surface area contributed by atoms with Gasteiger partial charge >= 0.3 is 5.97 Å². The first-order valence-corrected chi connectivity index (χ1v) is 6.20. The molecule has 3 N–H and O–H groups in total. The minimum absolute atomic E-state index is 0.116. The summed E-state index contributed by atoms with van der Waals surface area (Å²) in [7, 11) is 0. The smallest absolute Gasteiger partial charge is 0.328 e. The van der Waals surface area contributed by atoms with Crippen LogP contribution in [0.1, 0.15) is 13.3 Å². The van der Waals surface area contributed by atoms with Crippen molar-refractivity contribution in [2.24, 2.45) is 5.73 Å². The quantitative estimate of drug-likeness (QED) is 0.593. The van der Waals surface area contributed by atoms with Gasteiger partial charge in [-0.1, -0.05) is 0 Å². The molecule has 0 aromatic rings.